The molecule has 5 heteroatoms. The number of ether oxygens (including phenoxy) is 1. The average Bonchev–Trinajstić information content (AvgIpc) is 3.11. The Labute approximate surface area is 152 Å². The quantitative estimate of drug-likeness (QED) is 0.703. The van der Waals surface area contributed by atoms with Crippen LogP contribution in [0, 0.1) is 0 Å². The molecule has 130 valence electrons. The molecule has 0 saturated carbocycles. The first-order valence-corrected chi connectivity index (χ1v) is 9.62. The zero-order valence-corrected chi connectivity index (χ0v) is 15.6. The predicted octanol–water partition coefficient (Wildman–Crippen LogP) is 4.19. The van der Waals surface area contributed by atoms with E-state index in [9.17, 15) is 0 Å². The standard InChI is InChI=1S/C20H23N3OS/c1-3-15-7-8-18-19(13-15)25-20(21-18)23-11-9-22(10-12-23)16-5-4-6-17(14-16)24-2/h4-8,13-14H,3,9-12H2,1-2H3. The van der Waals surface area contributed by atoms with E-state index in [-0.39, 0.29) is 0 Å². The maximum atomic E-state index is 5.34. The van der Waals surface area contributed by atoms with Crippen LogP contribution in [0.3, 0.4) is 0 Å². The molecule has 3 aromatic rings. The molecule has 1 fully saturated rings. The van der Waals surface area contributed by atoms with Crippen LogP contribution in [0.1, 0.15) is 12.5 Å². The number of aryl methyl sites for hydroxylation is 1. The van der Waals surface area contributed by atoms with Crippen LogP contribution in [0.25, 0.3) is 10.2 Å². The largest absolute Gasteiger partial charge is 0.497 e. The van der Waals surface area contributed by atoms with Gasteiger partial charge < -0.3 is 14.5 Å². The fourth-order valence-corrected chi connectivity index (χ4v) is 4.36. The number of nitrogens with zero attached hydrogens (tertiary/aromatic N) is 3. The summed E-state index contributed by atoms with van der Waals surface area (Å²) < 4.78 is 6.64. The second-order valence-corrected chi connectivity index (χ2v) is 7.34. The number of benzene rings is 2. The molecule has 25 heavy (non-hydrogen) atoms. The second-order valence-electron chi connectivity index (χ2n) is 6.33. The van der Waals surface area contributed by atoms with E-state index >= 15 is 0 Å². The highest BCUT2D eigenvalue weighted by atomic mass is 32.1. The number of rotatable bonds is 4. The molecule has 4 nitrogen and oxygen atoms in total. The van der Waals surface area contributed by atoms with E-state index in [4.69, 9.17) is 9.72 Å². The van der Waals surface area contributed by atoms with Crippen LogP contribution in [-0.2, 0) is 6.42 Å². The molecule has 4 rings (SSSR count). The predicted molar refractivity (Wildman–Crippen MR) is 106 cm³/mol. The van der Waals surface area contributed by atoms with E-state index in [1.807, 2.05) is 17.4 Å². The summed E-state index contributed by atoms with van der Waals surface area (Å²) in [6.45, 7) is 6.20. The first kappa shape index (κ1) is 16.2. The summed E-state index contributed by atoms with van der Waals surface area (Å²) in [6, 6.07) is 14.9. The Balaban J connectivity index is 1.48. The van der Waals surface area contributed by atoms with Gasteiger partial charge >= 0.3 is 0 Å². The normalized spacial score (nSPS) is 15.0. The maximum absolute atomic E-state index is 5.34. The van der Waals surface area contributed by atoms with Crippen molar-refractivity contribution in [2.24, 2.45) is 0 Å². The Morgan fingerprint density at radius 2 is 1.84 bits per heavy atom. The van der Waals surface area contributed by atoms with Crippen molar-refractivity contribution in [1.82, 2.24) is 4.98 Å². The van der Waals surface area contributed by atoms with Crippen LogP contribution >= 0.6 is 11.3 Å². The SMILES string of the molecule is CCc1ccc2nc(N3CCN(c4cccc(OC)c4)CC3)sc2c1. The molecular formula is C20H23N3OS. The highest BCUT2D eigenvalue weighted by molar-refractivity contribution is 7.22. The first-order chi connectivity index (χ1) is 12.3. The van der Waals surface area contributed by atoms with Gasteiger partial charge in [0.1, 0.15) is 5.75 Å². The van der Waals surface area contributed by atoms with Crippen molar-refractivity contribution in [3.8, 4) is 5.75 Å². The Kier molecular flexibility index (Phi) is 4.49. The van der Waals surface area contributed by atoms with Crippen LogP contribution in [0.4, 0.5) is 10.8 Å². The molecule has 2 heterocycles. The van der Waals surface area contributed by atoms with Gasteiger partial charge in [0.15, 0.2) is 5.13 Å². The summed E-state index contributed by atoms with van der Waals surface area (Å²) in [5, 5.41) is 1.15. The Morgan fingerprint density at radius 1 is 1.04 bits per heavy atom. The van der Waals surface area contributed by atoms with Crippen molar-refractivity contribution in [2.75, 3.05) is 43.1 Å². The molecule has 0 amide bonds. The molecule has 1 aromatic heterocycles. The van der Waals surface area contributed by atoms with E-state index in [0.29, 0.717) is 0 Å². The van der Waals surface area contributed by atoms with Crippen molar-refractivity contribution in [3.63, 3.8) is 0 Å². The van der Waals surface area contributed by atoms with Gasteiger partial charge in [0, 0.05) is 37.9 Å². The summed E-state index contributed by atoms with van der Waals surface area (Å²) in [6.07, 6.45) is 1.07. The van der Waals surface area contributed by atoms with Crippen LogP contribution < -0.4 is 14.5 Å². The fraction of sp³-hybridized carbons (Fsp3) is 0.350. The molecule has 0 N–H and O–H groups in total. The number of aromatic nitrogens is 1. The van der Waals surface area contributed by atoms with Crippen LogP contribution in [0.2, 0.25) is 0 Å². The number of thiazole rings is 1. The highest BCUT2D eigenvalue weighted by Gasteiger charge is 2.20. The van der Waals surface area contributed by atoms with Gasteiger partial charge in [0.25, 0.3) is 0 Å². The number of hydrogen-bond donors (Lipinski definition) is 0. The number of anilines is 2. The summed E-state index contributed by atoms with van der Waals surface area (Å²) in [7, 11) is 1.72. The van der Waals surface area contributed by atoms with E-state index < -0.39 is 0 Å². The van der Waals surface area contributed by atoms with Crippen LogP contribution in [-0.4, -0.2) is 38.3 Å². The van der Waals surface area contributed by atoms with Gasteiger partial charge in [0.05, 0.1) is 17.3 Å². The molecule has 0 bridgehead atoms. The molecule has 1 aliphatic heterocycles. The van der Waals surface area contributed by atoms with Crippen molar-refractivity contribution in [1.29, 1.82) is 0 Å². The maximum Gasteiger partial charge on any atom is 0.186 e. The van der Waals surface area contributed by atoms with Crippen molar-refractivity contribution in [2.45, 2.75) is 13.3 Å². The van der Waals surface area contributed by atoms with Gasteiger partial charge in [-0.05, 0) is 36.2 Å². The number of hydrogen-bond acceptors (Lipinski definition) is 5. The van der Waals surface area contributed by atoms with Gasteiger partial charge in [-0.1, -0.05) is 30.4 Å². The Morgan fingerprint density at radius 3 is 2.60 bits per heavy atom. The minimum Gasteiger partial charge on any atom is -0.497 e. The molecule has 0 unspecified atom stereocenters. The number of methoxy groups -OCH3 is 1. The first-order valence-electron chi connectivity index (χ1n) is 8.80. The van der Waals surface area contributed by atoms with E-state index in [0.717, 1.165) is 49.0 Å². The van der Waals surface area contributed by atoms with E-state index in [2.05, 4.69) is 53.1 Å². The molecule has 1 saturated heterocycles. The van der Waals surface area contributed by atoms with Gasteiger partial charge in [0.2, 0.25) is 0 Å². The van der Waals surface area contributed by atoms with Gasteiger partial charge in [-0.25, -0.2) is 4.98 Å². The molecule has 0 spiro atoms. The Hall–Kier alpha value is -2.27. The van der Waals surface area contributed by atoms with Crippen LogP contribution in [0.15, 0.2) is 42.5 Å². The topological polar surface area (TPSA) is 28.6 Å². The average molecular weight is 353 g/mol. The van der Waals surface area contributed by atoms with Gasteiger partial charge in [-0.2, -0.15) is 0 Å². The van der Waals surface area contributed by atoms with E-state index in [1.54, 1.807) is 7.11 Å². The zero-order valence-electron chi connectivity index (χ0n) is 14.7. The Bertz CT molecular complexity index is 868. The third kappa shape index (κ3) is 3.29. The van der Waals surface area contributed by atoms with E-state index in [1.165, 1.54) is 16.0 Å². The lowest BCUT2D eigenvalue weighted by Crippen LogP contribution is -2.46. The summed E-state index contributed by atoms with van der Waals surface area (Å²) in [5.74, 6) is 0.915. The minimum absolute atomic E-state index is 0.915. The summed E-state index contributed by atoms with van der Waals surface area (Å²) >= 11 is 1.81. The lowest BCUT2D eigenvalue weighted by atomic mass is 10.2. The lowest BCUT2D eigenvalue weighted by molar-refractivity contribution is 0.414. The minimum atomic E-state index is 0.915. The smallest absolute Gasteiger partial charge is 0.186 e. The molecule has 0 aliphatic carbocycles. The summed E-state index contributed by atoms with van der Waals surface area (Å²) in [4.78, 5) is 9.67. The third-order valence-electron chi connectivity index (χ3n) is 4.82. The molecule has 2 aromatic carbocycles. The monoisotopic (exact) mass is 353 g/mol. The fourth-order valence-electron chi connectivity index (χ4n) is 3.28. The van der Waals surface area contributed by atoms with Crippen LogP contribution in [0.5, 0.6) is 5.75 Å². The number of fused-ring (bicyclic) bond motifs is 1. The molecule has 0 atom stereocenters. The molecule has 0 radical (unpaired) electrons. The van der Waals surface area contributed by atoms with Crippen molar-refractivity contribution >= 4 is 32.4 Å². The lowest BCUT2D eigenvalue weighted by Gasteiger charge is -2.36. The second kappa shape index (κ2) is 6.92. The number of piperazine rings is 1. The molecule has 1 aliphatic rings. The van der Waals surface area contributed by atoms with Crippen molar-refractivity contribution < 1.29 is 4.74 Å². The van der Waals surface area contributed by atoms with Gasteiger partial charge in [-0.3, -0.25) is 0 Å². The van der Waals surface area contributed by atoms with Gasteiger partial charge in [-0.15, -0.1) is 0 Å². The highest BCUT2D eigenvalue weighted by Crippen LogP contribution is 2.31. The zero-order chi connectivity index (χ0) is 17.2. The van der Waals surface area contributed by atoms with Crippen molar-refractivity contribution in [3.05, 3.63) is 48.0 Å². The summed E-state index contributed by atoms with van der Waals surface area (Å²) in [5.41, 5.74) is 3.73. The molecular weight excluding hydrogens is 330 g/mol. The third-order valence-corrected chi connectivity index (χ3v) is 5.90.